The summed E-state index contributed by atoms with van der Waals surface area (Å²) >= 11 is 1.07. The lowest BCUT2D eigenvalue weighted by molar-refractivity contribution is -0.385. The summed E-state index contributed by atoms with van der Waals surface area (Å²) in [5, 5.41) is 21.3. The molecule has 1 amide bonds. The first-order valence-electron chi connectivity index (χ1n) is 7.86. The van der Waals surface area contributed by atoms with Gasteiger partial charge >= 0.3 is 6.18 Å². The third kappa shape index (κ3) is 4.38. The monoisotopic (exact) mass is 401 g/mol. The van der Waals surface area contributed by atoms with Crippen LogP contribution in [-0.2, 0) is 11.0 Å². The minimum atomic E-state index is -4.84. The Morgan fingerprint density at radius 2 is 2.11 bits per heavy atom. The van der Waals surface area contributed by atoms with Crippen LogP contribution in [0.3, 0.4) is 0 Å². The van der Waals surface area contributed by atoms with E-state index < -0.39 is 33.9 Å². The third-order valence-electron chi connectivity index (χ3n) is 3.87. The first kappa shape index (κ1) is 19.1. The van der Waals surface area contributed by atoms with Crippen LogP contribution in [0.5, 0.6) is 0 Å². The molecular weight excluding hydrogens is 387 g/mol. The molecule has 0 radical (unpaired) electrons. The summed E-state index contributed by atoms with van der Waals surface area (Å²) in [5.74, 6) is -0.128. The largest absolute Gasteiger partial charge is 0.418 e. The first-order valence-corrected chi connectivity index (χ1v) is 8.85. The quantitative estimate of drug-likeness (QED) is 0.451. The first-order chi connectivity index (χ1) is 12.7. The molecule has 8 nitrogen and oxygen atoms in total. The number of carbonyl (C=O) groups excluding carboxylic acids is 1. The summed E-state index contributed by atoms with van der Waals surface area (Å²) < 4.78 is 41.3. The predicted octanol–water partition coefficient (Wildman–Crippen LogP) is 3.58. The number of anilines is 1. The molecule has 1 N–H and O–H groups in total. The topological polar surface area (TPSA) is 103 Å². The standard InChI is InChI=1S/C15H14F3N5O3S/c1-8-20-21-14(22(8)9-2-3-9)27-7-13(24)19-12-5-4-10(23(25)26)6-11(12)15(16,17)18/h4-6,9H,2-3,7H2,1H3,(H,19,24). The Balaban J connectivity index is 1.71. The van der Waals surface area contributed by atoms with Gasteiger partial charge in [-0.15, -0.1) is 10.2 Å². The van der Waals surface area contributed by atoms with Crippen molar-refractivity contribution in [1.29, 1.82) is 0 Å². The van der Waals surface area contributed by atoms with Gasteiger partial charge in [-0.2, -0.15) is 13.2 Å². The van der Waals surface area contributed by atoms with Crippen LogP contribution in [0.1, 0.15) is 30.3 Å². The van der Waals surface area contributed by atoms with Crippen molar-refractivity contribution in [3.05, 3.63) is 39.7 Å². The molecule has 0 bridgehead atoms. The van der Waals surface area contributed by atoms with Gasteiger partial charge in [-0.3, -0.25) is 14.9 Å². The molecule has 27 heavy (non-hydrogen) atoms. The number of amides is 1. The SMILES string of the molecule is Cc1nnc(SCC(=O)Nc2ccc([N+](=O)[O-])cc2C(F)(F)F)n1C1CC1. The normalized spacial score (nSPS) is 14.2. The fourth-order valence-electron chi connectivity index (χ4n) is 2.51. The molecule has 1 aliphatic carbocycles. The second-order valence-corrected chi connectivity index (χ2v) is 6.90. The fraction of sp³-hybridized carbons (Fsp3) is 0.400. The molecule has 144 valence electrons. The average molecular weight is 401 g/mol. The lowest BCUT2D eigenvalue weighted by atomic mass is 10.1. The maximum atomic E-state index is 13.1. The number of carbonyl (C=O) groups is 1. The number of aromatic nitrogens is 3. The van der Waals surface area contributed by atoms with E-state index in [2.05, 4.69) is 15.5 Å². The van der Waals surface area contributed by atoms with Gasteiger partial charge in [0.15, 0.2) is 5.16 Å². The summed E-state index contributed by atoms with van der Waals surface area (Å²) in [7, 11) is 0. The van der Waals surface area contributed by atoms with Crippen molar-refractivity contribution in [2.75, 3.05) is 11.1 Å². The van der Waals surface area contributed by atoms with Crippen LogP contribution in [0.25, 0.3) is 0 Å². The van der Waals surface area contributed by atoms with Crippen molar-refractivity contribution in [3.8, 4) is 0 Å². The lowest BCUT2D eigenvalue weighted by Gasteiger charge is -2.13. The summed E-state index contributed by atoms with van der Waals surface area (Å²) in [4.78, 5) is 21.9. The van der Waals surface area contributed by atoms with Crippen LogP contribution in [0.15, 0.2) is 23.4 Å². The number of nitrogens with zero attached hydrogens (tertiary/aromatic N) is 4. The van der Waals surface area contributed by atoms with E-state index in [9.17, 15) is 28.1 Å². The summed E-state index contributed by atoms with van der Waals surface area (Å²) in [5.41, 5.74) is -2.51. The molecule has 1 aromatic carbocycles. The Bertz CT molecular complexity index is 895. The van der Waals surface area contributed by atoms with Crippen LogP contribution in [0.4, 0.5) is 24.5 Å². The number of thioether (sulfide) groups is 1. The van der Waals surface area contributed by atoms with Gasteiger partial charge in [-0.25, -0.2) is 0 Å². The molecule has 1 aromatic heterocycles. The molecular formula is C15H14F3N5O3S. The van der Waals surface area contributed by atoms with Crippen LogP contribution in [0.2, 0.25) is 0 Å². The molecule has 0 atom stereocenters. The van der Waals surface area contributed by atoms with E-state index in [4.69, 9.17) is 0 Å². The zero-order chi connectivity index (χ0) is 19.8. The Hall–Kier alpha value is -2.63. The van der Waals surface area contributed by atoms with Crippen molar-refractivity contribution in [3.63, 3.8) is 0 Å². The molecule has 2 aromatic rings. The zero-order valence-electron chi connectivity index (χ0n) is 14.0. The number of nitrogens with one attached hydrogen (secondary N) is 1. The molecule has 1 fully saturated rings. The van der Waals surface area contributed by atoms with Crippen molar-refractivity contribution < 1.29 is 22.9 Å². The number of hydrogen-bond donors (Lipinski definition) is 1. The molecule has 0 saturated heterocycles. The molecule has 12 heteroatoms. The molecule has 1 aliphatic rings. The number of benzene rings is 1. The summed E-state index contributed by atoms with van der Waals surface area (Å²) in [6.07, 6.45) is -2.85. The number of hydrogen-bond acceptors (Lipinski definition) is 6. The van der Waals surface area contributed by atoms with Crippen molar-refractivity contribution >= 4 is 29.0 Å². The van der Waals surface area contributed by atoms with Crippen molar-refractivity contribution in [2.45, 2.75) is 37.1 Å². The van der Waals surface area contributed by atoms with E-state index in [-0.39, 0.29) is 5.75 Å². The number of nitro benzene ring substituents is 1. The Labute approximate surface area is 155 Å². The highest BCUT2D eigenvalue weighted by molar-refractivity contribution is 7.99. The van der Waals surface area contributed by atoms with Gasteiger partial charge in [0, 0.05) is 18.2 Å². The lowest BCUT2D eigenvalue weighted by Crippen LogP contribution is -2.18. The smallest absolute Gasteiger partial charge is 0.325 e. The van der Waals surface area contributed by atoms with E-state index in [1.54, 1.807) is 6.92 Å². The molecule has 1 saturated carbocycles. The van der Waals surface area contributed by atoms with Gasteiger partial charge in [0.2, 0.25) is 5.91 Å². The van der Waals surface area contributed by atoms with E-state index in [0.717, 1.165) is 42.6 Å². The second-order valence-electron chi connectivity index (χ2n) is 5.95. The maximum absolute atomic E-state index is 13.1. The van der Waals surface area contributed by atoms with Gasteiger partial charge in [-0.1, -0.05) is 11.8 Å². The molecule has 0 unspecified atom stereocenters. The number of rotatable bonds is 6. The number of nitro groups is 1. The van der Waals surface area contributed by atoms with E-state index >= 15 is 0 Å². The van der Waals surface area contributed by atoms with Gasteiger partial charge < -0.3 is 9.88 Å². The predicted molar refractivity (Wildman–Crippen MR) is 90.5 cm³/mol. The van der Waals surface area contributed by atoms with Gasteiger partial charge in [0.05, 0.1) is 21.9 Å². The van der Waals surface area contributed by atoms with Crippen molar-refractivity contribution in [1.82, 2.24) is 14.8 Å². The summed E-state index contributed by atoms with van der Waals surface area (Å²) in [6.45, 7) is 1.79. The van der Waals surface area contributed by atoms with E-state index in [1.807, 2.05) is 4.57 Å². The highest BCUT2D eigenvalue weighted by atomic mass is 32.2. The number of non-ortho nitro benzene ring substituents is 1. The third-order valence-corrected chi connectivity index (χ3v) is 4.82. The van der Waals surface area contributed by atoms with Crippen LogP contribution >= 0.6 is 11.8 Å². The number of aryl methyl sites for hydroxylation is 1. The highest BCUT2D eigenvalue weighted by Crippen LogP contribution is 2.39. The summed E-state index contributed by atoms with van der Waals surface area (Å²) in [6, 6.07) is 2.48. The fourth-order valence-corrected chi connectivity index (χ4v) is 3.36. The van der Waals surface area contributed by atoms with Crippen LogP contribution < -0.4 is 5.32 Å². The van der Waals surface area contributed by atoms with Gasteiger partial charge in [0.25, 0.3) is 5.69 Å². The minimum Gasteiger partial charge on any atom is -0.325 e. The molecule has 1 heterocycles. The van der Waals surface area contributed by atoms with Crippen LogP contribution in [0, 0.1) is 17.0 Å². The Morgan fingerprint density at radius 1 is 1.41 bits per heavy atom. The average Bonchev–Trinajstić information content (AvgIpc) is 3.35. The Kier molecular flexibility index (Phi) is 5.09. The van der Waals surface area contributed by atoms with Gasteiger partial charge in [-0.05, 0) is 25.8 Å². The number of alkyl halides is 3. The maximum Gasteiger partial charge on any atom is 0.418 e. The molecule has 0 aliphatic heterocycles. The van der Waals surface area contributed by atoms with Gasteiger partial charge in [0.1, 0.15) is 5.82 Å². The zero-order valence-corrected chi connectivity index (χ0v) is 14.8. The highest BCUT2D eigenvalue weighted by Gasteiger charge is 2.35. The second kappa shape index (κ2) is 7.18. The van der Waals surface area contributed by atoms with E-state index in [0.29, 0.717) is 17.3 Å². The van der Waals surface area contributed by atoms with Crippen LogP contribution in [-0.4, -0.2) is 31.3 Å². The molecule has 0 spiro atoms. The number of halogens is 3. The minimum absolute atomic E-state index is 0.168. The van der Waals surface area contributed by atoms with Crippen molar-refractivity contribution in [2.24, 2.45) is 0 Å². The molecule has 3 rings (SSSR count). The van der Waals surface area contributed by atoms with E-state index in [1.165, 1.54) is 0 Å². The Morgan fingerprint density at radius 3 is 2.70 bits per heavy atom.